The smallest absolute Gasteiger partial charge is 0.308 e. The van der Waals surface area contributed by atoms with Gasteiger partial charge >= 0.3 is 5.97 Å². The van der Waals surface area contributed by atoms with Crippen LogP contribution in [0.1, 0.15) is 45.2 Å². The number of benzene rings is 4. The van der Waals surface area contributed by atoms with Gasteiger partial charge in [-0.3, -0.25) is 19.2 Å². The average Bonchev–Trinajstić information content (AvgIpc) is 2.98. The quantitative estimate of drug-likeness (QED) is 0.259. The Bertz CT molecular complexity index is 1650. The summed E-state index contributed by atoms with van der Waals surface area (Å²) in [5.74, 6) is -1.55. The van der Waals surface area contributed by atoms with E-state index in [1.165, 1.54) is 19.1 Å². The Balaban J connectivity index is 1.10. The minimum Gasteiger partial charge on any atom is -0.452 e. The maximum Gasteiger partial charge on any atom is 0.308 e. The third-order valence-corrected chi connectivity index (χ3v) is 8.07. The van der Waals surface area contributed by atoms with E-state index in [2.05, 4.69) is 22.3 Å². The van der Waals surface area contributed by atoms with Crippen LogP contribution in [0.2, 0.25) is 0 Å². The van der Waals surface area contributed by atoms with Gasteiger partial charge in [-0.25, -0.2) is 0 Å². The molecule has 7 nitrogen and oxygen atoms in total. The first-order chi connectivity index (χ1) is 19.4. The maximum absolute atomic E-state index is 13.0. The normalized spacial score (nSPS) is 13.9. The molecule has 2 aliphatic rings. The molecule has 0 saturated heterocycles. The van der Waals surface area contributed by atoms with Crippen LogP contribution in [0, 0.1) is 0 Å². The van der Waals surface area contributed by atoms with Gasteiger partial charge in [0.15, 0.2) is 17.7 Å². The monoisotopic (exact) mass is 548 g/mol. The highest BCUT2D eigenvalue weighted by atomic mass is 32.2. The van der Waals surface area contributed by atoms with Crippen LogP contribution >= 0.6 is 11.8 Å². The standard InChI is InChI=1S/C32H24N2O5S/c1-19(32(38)33-20-14-15-23-24(18-20)31(37)22-9-3-2-8-21(22)30(23)36)39-29(35)16-17-34-25-10-4-6-12-27(25)40-28-13-7-5-11-26(28)34/h2-15,18-19H,16-17H2,1H3,(H,33,38). The number of nitrogens with one attached hydrogen (secondary N) is 1. The zero-order valence-corrected chi connectivity index (χ0v) is 22.4. The van der Waals surface area contributed by atoms with E-state index in [1.54, 1.807) is 42.1 Å². The molecule has 4 aromatic carbocycles. The van der Waals surface area contributed by atoms with Crippen LogP contribution < -0.4 is 10.2 Å². The van der Waals surface area contributed by atoms with Gasteiger partial charge in [-0.1, -0.05) is 60.3 Å². The molecule has 0 fully saturated rings. The van der Waals surface area contributed by atoms with Gasteiger partial charge in [0.2, 0.25) is 0 Å². The summed E-state index contributed by atoms with van der Waals surface area (Å²) in [5, 5.41) is 2.70. The number of hydrogen-bond acceptors (Lipinski definition) is 7. The van der Waals surface area contributed by atoms with Crippen molar-refractivity contribution in [1.29, 1.82) is 0 Å². The number of nitrogens with zero attached hydrogens (tertiary/aromatic N) is 1. The number of esters is 1. The van der Waals surface area contributed by atoms with Gasteiger partial charge < -0.3 is 15.0 Å². The van der Waals surface area contributed by atoms with Gasteiger partial charge in [0.1, 0.15) is 0 Å². The number of rotatable bonds is 6. The second-order valence-corrected chi connectivity index (χ2v) is 10.6. The Morgan fingerprint density at radius 2 is 1.32 bits per heavy atom. The molecule has 4 aromatic rings. The number of fused-ring (bicyclic) bond motifs is 4. The summed E-state index contributed by atoms with van der Waals surface area (Å²) in [6.07, 6.45) is -0.974. The molecule has 0 radical (unpaired) electrons. The van der Waals surface area contributed by atoms with Crippen molar-refractivity contribution in [3.05, 3.63) is 113 Å². The summed E-state index contributed by atoms with van der Waals surface area (Å²) in [7, 11) is 0. The topological polar surface area (TPSA) is 92.8 Å². The number of hydrogen-bond donors (Lipinski definition) is 1. The summed E-state index contributed by atoms with van der Waals surface area (Å²) in [4.78, 5) is 55.7. The lowest BCUT2D eigenvalue weighted by atomic mass is 9.84. The third-order valence-electron chi connectivity index (χ3n) is 6.94. The van der Waals surface area contributed by atoms with Gasteiger partial charge in [-0.15, -0.1) is 0 Å². The number of anilines is 3. The van der Waals surface area contributed by atoms with Crippen molar-refractivity contribution in [3.8, 4) is 0 Å². The van der Waals surface area contributed by atoms with Crippen LogP contribution in [0.5, 0.6) is 0 Å². The zero-order valence-electron chi connectivity index (χ0n) is 21.5. The Labute approximate surface area is 235 Å². The van der Waals surface area contributed by atoms with Crippen LogP contribution in [-0.4, -0.2) is 36.1 Å². The lowest BCUT2D eigenvalue weighted by molar-refractivity contribution is -0.152. The van der Waals surface area contributed by atoms with Gasteiger partial charge in [-0.05, 0) is 49.4 Å². The number of para-hydroxylation sites is 2. The van der Waals surface area contributed by atoms with E-state index in [1.807, 2.05) is 36.4 Å². The van der Waals surface area contributed by atoms with E-state index < -0.39 is 18.0 Å². The second-order valence-electron chi connectivity index (χ2n) is 9.52. The highest BCUT2D eigenvalue weighted by Gasteiger charge is 2.30. The van der Waals surface area contributed by atoms with Crippen LogP contribution in [0.15, 0.2) is 101 Å². The van der Waals surface area contributed by atoms with Crippen molar-refractivity contribution in [2.75, 3.05) is 16.8 Å². The van der Waals surface area contributed by atoms with Crippen molar-refractivity contribution in [2.45, 2.75) is 29.2 Å². The summed E-state index contributed by atoms with van der Waals surface area (Å²) in [6.45, 7) is 1.89. The number of amides is 1. The summed E-state index contributed by atoms with van der Waals surface area (Å²) in [5.41, 5.74) is 3.61. The van der Waals surface area contributed by atoms with Gasteiger partial charge in [0.05, 0.1) is 17.8 Å². The van der Waals surface area contributed by atoms with E-state index in [4.69, 9.17) is 4.74 Å². The SMILES string of the molecule is CC(OC(=O)CCN1c2ccccc2Sc2ccccc21)C(=O)Nc1ccc2c(c1)C(=O)c1ccccc1C2=O. The Kier molecular flexibility index (Phi) is 6.69. The predicted octanol–water partition coefficient (Wildman–Crippen LogP) is 6.03. The minimum atomic E-state index is -1.06. The highest BCUT2D eigenvalue weighted by Crippen LogP contribution is 2.47. The van der Waals surface area contributed by atoms with Crippen LogP contribution in [0.25, 0.3) is 0 Å². The molecule has 8 heteroatoms. The van der Waals surface area contributed by atoms with Crippen molar-refractivity contribution in [2.24, 2.45) is 0 Å². The molecule has 40 heavy (non-hydrogen) atoms. The molecule has 0 spiro atoms. The van der Waals surface area contributed by atoms with Crippen molar-refractivity contribution in [1.82, 2.24) is 0 Å². The second kappa shape index (κ2) is 10.5. The molecule has 1 atom stereocenters. The largest absolute Gasteiger partial charge is 0.452 e. The fourth-order valence-corrected chi connectivity index (χ4v) is 6.05. The number of ketones is 2. The summed E-state index contributed by atoms with van der Waals surface area (Å²) in [6, 6.07) is 27.3. The fourth-order valence-electron chi connectivity index (χ4n) is 4.96. The van der Waals surface area contributed by atoms with E-state index >= 15 is 0 Å². The highest BCUT2D eigenvalue weighted by molar-refractivity contribution is 7.99. The molecule has 1 N–H and O–H groups in total. The van der Waals surface area contributed by atoms with E-state index in [9.17, 15) is 19.2 Å². The third kappa shape index (κ3) is 4.67. The molecule has 1 heterocycles. The molecule has 1 aliphatic heterocycles. The molecule has 198 valence electrons. The summed E-state index contributed by atoms with van der Waals surface area (Å²) >= 11 is 1.69. The van der Waals surface area contributed by atoms with E-state index in [-0.39, 0.29) is 23.6 Å². The minimum absolute atomic E-state index is 0.0832. The molecular formula is C32H24N2O5S. The molecule has 0 bridgehead atoms. The van der Waals surface area contributed by atoms with Crippen LogP contribution in [0.4, 0.5) is 17.1 Å². The molecule has 1 unspecified atom stereocenters. The van der Waals surface area contributed by atoms with Crippen molar-refractivity contribution in [3.63, 3.8) is 0 Å². The first-order valence-electron chi connectivity index (χ1n) is 12.9. The molecule has 0 aromatic heterocycles. The molecular weight excluding hydrogens is 524 g/mol. The van der Waals surface area contributed by atoms with Crippen molar-refractivity contribution >= 4 is 52.3 Å². The first-order valence-corrected chi connectivity index (χ1v) is 13.7. The van der Waals surface area contributed by atoms with E-state index in [0.29, 0.717) is 28.9 Å². The Morgan fingerprint density at radius 3 is 1.98 bits per heavy atom. The molecule has 1 aliphatic carbocycles. The number of carbonyl (C=O) groups is 4. The average molecular weight is 549 g/mol. The van der Waals surface area contributed by atoms with E-state index in [0.717, 1.165) is 21.2 Å². The Hall–Kier alpha value is -4.69. The first kappa shape index (κ1) is 25.6. The zero-order chi connectivity index (χ0) is 27.8. The van der Waals surface area contributed by atoms with Gasteiger partial charge in [0, 0.05) is 44.3 Å². The number of carbonyl (C=O) groups excluding carboxylic acids is 4. The molecule has 1 amide bonds. The van der Waals surface area contributed by atoms with Crippen molar-refractivity contribution < 1.29 is 23.9 Å². The fraction of sp³-hybridized carbons (Fsp3) is 0.125. The number of ether oxygens (including phenoxy) is 1. The van der Waals surface area contributed by atoms with Crippen LogP contribution in [0.3, 0.4) is 0 Å². The van der Waals surface area contributed by atoms with Gasteiger partial charge in [-0.2, -0.15) is 0 Å². The van der Waals surface area contributed by atoms with Gasteiger partial charge in [0.25, 0.3) is 5.91 Å². The lowest BCUT2D eigenvalue weighted by Crippen LogP contribution is -2.31. The predicted molar refractivity (Wildman–Crippen MR) is 153 cm³/mol. The maximum atomic E-state index is 13.0. The van der Waals surface area contributed by atoms with Crippen LogP contribution in [-0.2, 0) is 14.3 Å². The molecule has 0 saturated carbocycles. The molecule has 6 rings (SSSR count). The summed E-state index contributed by atoms with van der Waals surface area (Å²) < 4.78 is 5.44. The Morgan fingerprint density at radius 1 is 0.775 bits per heavy atom. The lowest BCUT2D eigenvalue weighted by Gasteiger charge is -2.32.